The second-order valence-corrected chi connectivity index (χ2v) is 9.41. The van der Waals surface area contributed by atoms with E-state index in [9.17, 15) is 18.0 Å². The van der Waals surface area contributed by atoms with Gasteiger partial charge in [-0.1, -0.05) is 6.07 Å². The van der Waals surface area contributed by atoms with Gasteiger partial charge >= 0.3 is 0 Å². The van der Waals surface area contributed by atoms with Gasteiger partial charge in [-0.25, -0.2) is 8.42 Å². The van der Waals surface area contributed by atoms with E-state index in [1.807, 2.05) is 13.0 Å². The van der Waals surface area contributed by atoms with Gasteiger partial charge in [0.05, 0.1) is 26.2 Å². The van der Waals surface area contributed by atoms with E-state index in [0.717, 1.165) is 28.2 Å². The number of hydrogen-bond acceptors (Lipinski definition) is 6. The first-order valence-corrected chi connectivity index (χ1v) is 11.9. The van der Waals surface area contributed by atoms with Crippen LogP contribution in [-0.2, 0) is 19.6 Å². The molecule has 1 aliphatic rings. The Morgan fingerprint density at radius 3 is 2.44 bits per heavy atom. The smallest absolute Gasteiger partial charge is 0.245 e. The summed E-state index contributed by atoms with van der Waals surface area (Å²) >= 11 is 0. The number of carbonyl (C=O) groups is 2. The van der Waals surface area contributed by atoms with Crippen molar-refractivity contribution >= 4 is 38.9 Å². The predicted molar refractivity (Wildman–Crippen MR) is 123 cm³/mol. The summed E-state index contributed by atoms with van der Waals surface area (Å²) in [7, 11) is -0.841. The number of carbonyl (C=O) groups excluding carboxylic acids is 2. The molecule has 2 aromatic carbocycles. The summed E-state index contributed by atoms with van der Waals surface area (Å²) in [4.78, 5) is 26.6. The van der Waals surface area contributed by atoms with Gasteiger partial charge in [0.25, 0.3) is 0 Å². The van der Waals surface area contributed by atoms with Crippen molar-refractivity contribution in [1.82, 2.24) is 0 Å². The molecule has 10 heteroatoms. The predicted octanol–water partition coefficient (Wildman–Crippen LogP) is 2.54. The summed E-state index contributed by atoms with van der Waals surface area (Å²) in [5.41, 5.74) is 2.41. The molecule has 9 nitrogen and oxygen atoms in total. The largest absolute Gasteiger partial charge is 0.493 e. The minimum absolute atomic E-state index is 0.0493. The first kappa shape index (κ1) is 23.4. The van der Waals surface area contributed by atoms with Crippen molar-refractivity contribution < 1.29 is 27.5 Å². The Labute approximate surface area is 188 Å². The van der Waals surface area contributed by atoms with Crippen LogP contribution in [0.3, 0.4) is 0 Å². The molecule has 1 aliphatic heterocycles. The Kier molecular flexibility index (Phi) is 6.93. The molecule has 2 aromatic rings. The molecule has 1 heterocycles. The Hall–Kier alpha value is -3.27. The summed E-state index contributed by atoms with van der Waals surface area (Å²) in [5, 5.41) is 2.73. The third-order valence-electron chi connectivity index (χ3n) is 5.20. The lowest BCUT2D eigenvalue weighted by molar-refractivity contribution is -0.117. The van der Waals surface area contributed by atoms with E-state index in [1.54, 1.807) is 29.2 Å². The zero-order chi connectivity index (χ0) is 23.5. The molecule has 0 aliphatic carbocycles. The lowest BCUT2D eigenvalue weighted by Gasteiger charge is -2.23. The maximum Gasteiger partial charge on any atom is 0.245 e. The SMILES string of the molecule is COc1ccc(N(CC(=O)Nc2ccc(C)c(N3CCCC3=O)c2)S(C)(=O)=O)cc1OC. The minimum atomic E-state index is -3.76. The highest BCUT2D eigenvalue weighted by atomic mass is 32.2. The van der Waals surface area contributed by atoms with Crippen LogP contribution in [-0.4, -0.2) is 53.8 Å². The monoisotopic (exact) mass is 461 g/mol. The number of methoxy groups -OCH3 is 2. The fourth-order valence-electron chi connectivity index (χ4n) is 3.59. The number of rotatable bonds is 8. The van der Waals surface area contributed by atoms with Crippen LogP contribution < -0.4 is 24.0 Å². The number of anilines is 3. The average Bonchev–Trinajstić information content (AvgIpc) is 3.17. The quantitative estimate of drug-likeness (QED) is 0.648. The van der Waals surface area contributed by atoms with Crippen molar-refractivity contribution in [2.45, 2.75) is 19.8 Å². The highest BCUT2D eigenvalue weighted by Crippen LogP contribution is 2.32. The van der Waals surface area contributed by atoms with Crippen LogP contribution in [0.25, 0.3) is 0 Å². The van der Waals surface area contributed by atoms with E-state index in [-0.39, 0.29) is 11.6 Å². The first-order chi connectivity index (χ1) is 15.1. The van der Waals surface area contributed by atoms with Crippen molar-refractivity contribution in [3.8, 4) is 11.5 Å². The first-order valence-electron chi connectivity index (χ1n) is 10.0. The Morgan fingerprint density at radius 1 is 1.12 bits per heavy atom. The molecule has 0 radical (unpaired) electrons. The van der Waals surface area contributed by atoms with Crippen molar-refractivity contribution in [3.05, 3.63) is 42.0 Å². The maximum absolute atomic E-state index is 12.7. The number of nitrogens with zero attached hydrogens (tertiary/aromatic N) is 2. The van der Waals surface area contributed by atoms with Gasteiger partial charge in [-0.05, 0) is 43.2 Å². The van der Waals surface area contributed by atoms with Crippen molar-refractivity contribution in [1.29, 1.82) is 0 Å². The summed E-state index contributed by atoms with van der Waals surface area (Å²) in [5.74, 6) is 0.316. The summed E-state index contributed by atoms with van der Waals surface area (Å²) in [6.45, 7) is 2.10. The number of ether oxygens (including phenoxy) is 2. The lowest BCUT2D eigenvalue weighted by Crippen LogP contribution is -2.37. The van der Waals surface area contributed by atoms with Gasteiger partial charge in [0.1, 0.15) is 6.54 Å². The highest BCUT2D eigenvalue weighted by Gasteiger charge is 2.25. The molecular weight excluding hydrogens is 434 g/mol. The third-order valence-corrected chi connectivity index (χ3v) is 6.34. The van der Waals surface area contributed by atoms with Gasteiger partial charge in [-0.15, -0.1) is 0 Å². The molecule has 0 spiro atoms. The number of nitrogens with one attached hydrogen (secondary N) is 1. The Bertz CT molecular complexity index is 1130. The van der Waals surface area contributed by atoms with Gasteiger partial charge in [0.15, 0.2) is 11.5 Å². The van der Waals surface area contributed by atoms with Crippen LogP contribution >= 0.6 is 0 Å². The number of amides is 2. The molecule has 3 rings (SSSR count). The third kappa shape index (κ3) is 5.13. The highest BCUT2D eigenvalue weighted by molar-refractivity contribution is 7.92. The van der Waals surface area contributed by atoms with Crippen LogP contribution in [0.5, 0.6) is 11.5 Å². The lowest BCUT2D eigenvalue weighted by atomic mass is 10.1. The van der Waals surface area contributed by atoms with Gasteiger partial charge in [0, 0.05) is 30.4 Å². The topological polar surface area (TPSA) is 105 Å². The molecule has 0 atom stereocenters. The van der Waals surface area contributed by atoms with E-state index in [2.05, 4.69) is 5.32 Å². The molecule has 0 bridgehead atoms. The Morgan fingerprint density at radius 2 is 1.84 bits per heavy atom. The number of benzene rings is 2. The summed E-state index contributed by atoms with van der Waals surface area (Å²) in [6, 6.07) is 9.88. The molecule has 172 valence electrons. The fourth-order valence-corrected chi connectivity index (χ4v) is 4.44. The van der Waals surface area contributed by atoms with Gasteiger partial charge in [0.2, 0.25) is 21.8 Å². The van der Waals surface area contributed by atoms with E-state index in [1.165, 1.54) is 20.3 Å². The van der Waals surface area contributed by atoms with Gasteiger partial charge in [-0.2, -0.15) is 0 Å². The molecule has 1 saturated heterocycles. The maximum atomic E-state index is 12.7. The average molecular weight is 462 g/mol. The number of sulfonamides is 1. The van der Waals surface area contributed by atoms with Gasteiger partial charge in [-0.3, -0.25) is 13.9 Å². The molecule has 1 N–H and O–H groups in total. The second-order valence-electron chi connectivity index (χ2n) is 7.51. The zero-order valence-electron chi connectivity index (χ0n) is 18.5. The van der Waals surface area contributed by atoms with Crippen LogP contribution in [0.1, 0.15) is 18.4 Å². The van der Waals surface area contributed by atoms with E-state index in [4.69, 9.17) is 9.47 Å². The fraction of sp³-hybridized carbons (Fsp3) is 0.364. The molecule has 1 fully saturated rings. The van der Waals surface area contributed by atoms with Crippen molar-refractivity contribution in [3.63, 3.8) is 0 Å². The molecule has 0 saturated carbocycles. The van der Waals surface area contributed by atoms with E-state index in [0.29, 0.717) is 30.2 Å². The zero-order valence-corrected chi connectivity index (χ0v) is 19.4. The molecular formula is C22H27N3O6S. The summed E-state index contributed by atoms with van der Waals surface area (Å²) < 4.78 is 36.2. The van der Waals surface area contributed by atoms with E-state index >= 15 is 0 Å². The van der Waals surface area contributed by atoms with Crippen LogP contribution in [0.4, 0.5) is 17.1 Å². The van der Waals surface area contributed by atoms with Crippen molar-refractivity contribution in [2.24, 2.45) is 0 Å². The molecule has 0 unspecified atom stereocenters. The normalized spacial score (nSPS) is 13.8. The molecule has 0 aromatic heterocycles. The number of aryl methyl sites for hydroxylation is 1. The van der Waals surface area contributed by atoms with Crippen LogP contribution in [0, 0.1) is 6.92 Å². The standard InChI is InChI=1S/C22H27N3O6S/c1-15-7-8-16(12-18(15)24-11-5-6-22(24)27)23-21(26)14-25(32(4,28)29)17-9-10-19(30-2)20(13-17)31-3/h7-10,12-13H,5-6,11,14H2,1-4H3,(H,23,26). The van der Waals surface area contributed by atoms with E-state index < -0.39 is 22.5 Å². The second kappa shape index (κ2) is 9.47. The van der Waals surface area contributed by atoms with Crippen molar-refractivity contribution in [2.75, 3.05) is 48.1 Å². The summed E-state index contributed by atoms with van der Waals surface area (Å²) in [6.07, 6.45) is 2.33. The molecule has 2 amide bonds. The minimum Gasteiger partial charge on any atom is -0.493 e. The van der Waals surface area contributed by atoms with Crippen LogP contribution in [0.2, 0.25) is 0 Å². The Balaban J connectivity index is 1.82. The van der Waals surface area contributed by atoms with Crippen LogP contribution in [0.15, 0.2) is 36.4 Å². The van der Waals surface area contributed by atoms with Gasteiger partial charge < -0.3 is 19.7 Å². The number of hydrogen-bond donors (Lipinski definition) is 1. The molecule has 32 heavy (non-hydrogen) atoms.